The molecule has 2 aliphatic rings. The van der Waals surface area contributed by atoms with Crippen LogP contribution in [-0.2, 0) is 4.74 Å². The Morgan fingerprint density at radius 1 is 0.971 bits per heavy atom. The molecule has 3 N–H and O–H groups in total. The summed E-state index contributed by atoms with van der Waals surface area (Å²) in [5.74, 6) is 0.998. The molecule has 0 atom stereocenters. The molecule has 0 bridgehead atoms. The largest absolute Gasteiger partial charge is 0.382 e. The van der Waals surface area contributed by atoms with Gasteiger partial charge < -0.3 is 25.1 Å². The second kappa shape index (κ2) is 10.2. The summed E-state index contributed by atoms with van der Waals surface area (Å²) >= 11 is 0. The highest BCUT2D eigenvalue weighted by Crippen LogP contribution is 2.26. The molecule has 5 heterocycles. The third-order valence-electron chi connectivity index (χ3n) is 6.24. The number of nitrogens with one attached hydrogen (secondary N) is 1. The lowest BCUT2D eigenvalue weighted by Gasteiger charge is -2.43. The van der Waals surface area contributed by atoms with Crippen molar-refractivity contribution in [3.8, 4) is 11.4 Å². The molecule has 0 unspecified atom stereocenters. The quantitative estimate of drug-likeness (QED) is 0.452. The Bertz CT molecular complexity index is 1260. The molecular formula is C25H31N9O. The molecule has 0 saturated carbocycles. The zero-order chi connectivity index (χ0) is 24.2. The number of hydrogen-bond donors (Lipinski definition) is 2. The van der Waals surface area contributed by atoms with E-state index in [4.69, 9.17) is 15.5 Å². The van der Waals surface area contributed by atoms with Gasteiger partial charge in [0, 0.05) is 56.1 Å². The molecule has 182 valence electrons. The van der Waals surface area contributed by atoms with Gasteiger partial charge in [0.1, 0.15) is 17.2 Å². The number of nitrogens with two attached hydrogens (primary N) is 1. The van der Waals surface area contributed by atoms with Crippen LogP contribution in [0.25, 0.3) is 17.0 Å². The molecular weight excluding hydrogens is 442 g/mol. The Morgan fingerprint density at radius 2 is 1.74 bits per heavy atom. The highest BCUT2D eigenvalue weighted by Gasteiger charge is 2.28. The number of fused-ring (bicyclic) bond motifs is 1. The maximum Gasteiger partial charge on any atom is 0.180 e. The fourth-order valence-corrected chi connectivity index (χ4v) is 4.32. The lowest BCUT2D eigenvalue weighted by Crippen LogP contribution is -2.56. The monoisotopic (exact) mass is 473 g/mol. The fourth-order valence-electron chi connectivity index (χ4n) is 4.32. The Kier molecular flexibility index (Phi) is 6.73. The van der Waals surface area contributed by atoms with E-state index < -0.39 is 0 Å². The van der Waals surface area contributed by atoms with Gasteiger partial charge in [0.15, 0.2) is 11.5 Å². The molecule has 4 aromatic rings. The van der Waals surface area contributed by atoms with Crippen molar-refractivity contribution in [1.29, 1.82) is 0 Å². The molecule has 0 radical (unpaired) electrons. The molecule has 2 aliphatic heterocycles. The van der Waals surface area contributed by atoms with E-state index in [9.17, 15) is 0 Å². The standard InChI is InChI=1S/C23H25N9O.C2H6/c24-21-12-25-11-19(28-21)20-13-32-6-5-26-23(32)22(29-20)27-16-1-3-17(4-2-16)30-7-9-31(10-8-30)18-14-33-15-18;1-2/h1-6,11-13,18H,7-10,14-15H2,(H2,24,28)(H,27,29);1-2H3. The van der Waals surface area contributed by atoms with Crippen LogP contribution < -0.4 is 16.0 Å². The van der Waals surface area contributed by atoms with Crippen molar-refractivity contribution < 1.29 is 4.74 Å². The molecule has 10 heteroatoms. The van der Waals surface area contributed by atoms with E-state index in [1.165, 1.54) is 11.9 Å². The smallest absolute Gasteiger partial charge is 0.180 e. The zero-order valence-corrected chi connectivity index (χ0v) is 20.1. The topological polar surface area (TPSA) is 110 Å². The first-order valence-electron chi connectivity index (χ1n) is 12.1. The van der Waals surface area contributed by atoms with Gasteiger partial charge in [-0.1, -0.05) is 13.8 Å². The second-order valence-electron chi connectivity index (χ2n) is 8.35. The van der Waals surface area contributed by atoms with Crippen LogP contribution in [0.3, 0.4) is 0 Å². The number of aromatic nitrogens is 5. The molecule has 2 saturated heterocycles. The number of piperazine rings is 1. The summed E-state index contributed by atoms with van der Waals surface area (Å²) in [5.41, 5.74) is 9.98. The Balaban J connectivity index is 0.00000124. The number of imidazole rings is 1. The van der Waals surface area contributed by atoms with Crippen LogP contribution in [0.15, 0.2) is 55.2 Å². The third kappa shape index (κ3) is 4.89. The van der Waals surface area contributed by atoms with Crippen molar-refractivity contribution in [3.63, 3.8) is 0 Å². The van der Waals surface area contributed by atoms with Gasteiger partial charge in [-0.3, -0.25) is 9.88 Å². The van der Waals surface area contributed by atoms with Crippen molar-refractivity contribution in [2.24, 2.45) is 0 Å². The van der Waals surface area contributed by atoms with Crippen LogP contribution in [-0.4, -0.2) is 74.7 Å². The Hall–Kier alpha value is -3.76. The number of hydrogen-bond acceptors (Lipinski definition) is 9. The summed E-state index contributed by atoms with van der Waals surface area (Å²) in [6.07, 6.45) is 8.66. The maximum absolute atomic E-state index is 5.81. The van der Waals surface area contributed by atoms with Gasteiger partial charge in [0.25, 0.3) is 0 Å². The first-order valence-corrected chi connectivity index (χ1v) is 12.1. The zero-order valence-electron chi connectivity index (χ0n) is 20.1. The van der Waals surface area contributed by atoms with Gasteiger partial charge >= 0.3 is 0 Å². The molecule has 0 spiro atoms. The summed E-state index contributed by atoms with van der Waals surface area (Å²) in [7, 11) is 0. The molecule has 1 aromatic carbocycles. The average molecular weight is 474 g/mol. The molecule has 0 aliphatic carbocycles. The lowest BCUT2D eigenvalue weighted by molar-refractivity contribution is -0.0660. The summed E-state index contributed by atoms with van der Waals surface area (Å²) in [4.78, 5) is 22.6. The van der Waals surface area contributed by atoms with Crippen molar-refractivity contribution >= 4 is 28.7 Å². The summed E-state index contributed by atoms with van der Waals surface area (Å²) in [5, 5.41) is 3.41. The Labute approximate surface area is 204 Å². The van der Waals surface area contributed by atoms with Crippen LogP contribution in [0.2, 0.25) is 0 Å². The first kappa shape index (κ1) is 23.0. The SMILES string of the molecule is CC.Nc1cncc(-c2cn3ccnc3c(Nc3ccc(N4CCN(C5COC5)CC4)cc3)n2)n1. The number of nitrogen functional groups attached to an aromatic ring is 1. The molecule has 3 aromatic heterocycles. The van der Waals surface area contributed by atoms with Gasteiger partial charge in [-0.15, -0.1) is 0 Å². The summed E-state index contributed by atoms with van der Waals surface area (Å²) in [6.45, 7) is 9.98. The van der Waals surface area contributed by atoms with E-state index in [2.05, 4.69) is 54.3 Å². The molecule has 0 amide bonds. The van der Waals surface area contributed by atoms with Crippen molar-refractivity contribution in [1.82, 2.24) is 29.2 Å². The predicted molar refractivity (Wildman–Crippen MR) is 138 cm³/mol. The van der Waals surface area contributed by atoms with E-state index in [1.807, 2.05) is 30.6 Å². The van der Waals surface area contributed by atoms with Crippen LogP contribution >= 0.6 is 0 Å². The van der Waals surface area contributed by atoms with E-state index in [-0.39, 0.29) is 0 Å². The van der Waals surface area contributed by atoms with Crippen LogP contribution in [0.1, 0.15) is 13.8 Å². The van der Waals surface area contributed by atoms with Gasteiger partial charge in [0.2, 0.25) is 0 Å². The third-order valence-corrected chi connectivity index (χ3v) is 6.24. The minimum atomic E-state index is 0.354. The van der Waals surface area contributed by atoms with E-state index >= 15 is 0 Å². The first-order chi connectivity index (χ1) is 17.2. The van der Waals surface area contributed by atoms with Gasteiger partial charge in [-0.25, -0.2) is 15.0 Å². The van der Waals surface area contributed by atoms with Crippen molar-refractivity contribution in [3.05, 3.63) is 55.2 Å². The van der Waals surface area contributed by atoms with Crippen molar-refractivity contribution in [2.75, 3.05) is 55.3 Å². The van der Waals surface area contributed by atoms with Crippen LogP contribution in [0, 0.1) is 0 Å². The maximum atomic E-state index is 5.81. The van der Waals surface area contributed by atoms with E-state index in [0.29, 0.717) is 29.1 Å². The van der Waals surface area contributed by atoms with Gasteiger partial charge in [-0.05, 0) is 24.3 Å². The predicted octanol–water partition coefficient (Wildman–Crippen LogP) is 3.06. The number of benzene rings is 1. The van der Waals surface area contributed by atoms with E-state index in [0.717, 1.165) is 50.7 Å². The van der Waals surface area contributed by atoms with Crippen LogP contribution in [0.5, 0.6) is 0 Å². The van der Waals surface area contributed by atoms with Gasteiger partial charge in [0.05, 0.1) is 31.6 Å². The minimum Gasteiger partial charge on any atom is -0.382 e. The summed E-state index contributed by atoms with van der Waals surface area (Å²) in [6, 6.07) is 9.08. The number of anilines is 4. The second-order valence-corrected chi connectivity index (χ2v) is 8.35. The molecule has 10 nitrogen and oxygen atoms in total. The molecule has 35 heavy (non-hydrogen) atoms. The number of rotatable bonds is 5. The van der Waals surface area contributed by atoms with Gasteiger partial charge in [-0.2, -0.15) is 0 Å². The highest BCUT2D eigenvalue weighted by atomic mass is 16.5. The van der Waals surface area contributed by atoms with Crippen LogP contribution in [0.4, 0.5) is 23.0 Å². The van der Waals surface area contributed by atoms with Crippen molar-refractivity contribution in [2.45, 2.75) is 19.9 Å². The summed E-state index contributed by atoms with van der Waals surface area (Å²) < 4.78 is 7.25. The normalized spacial score (nSPS) is 16.5. The number of ether oxygens (including phenoxy) is 1. The average Bonchev–Trinajstić information content (AvgIpc) is 3.35. The minimum absolute atomic E-state index is 0.354. The molecule has 6 rings (SSSR count). The van der Waals surface area contributed by atoms with E-state index in [1.54, 1.807) is 12.4 Å². The lowest BCUT2D eigenvalue weighted by atomic mass is 10.1. The highest BCUT2D eigenvalue weighted by molar-refractivity contribution is 5.73. The molecule has 2 fully saturated rings. The Morgan fingerprint density at radius 3 is 2.43 bits per heavy atom. The fraction of sp³-hybridized carbons (Fsp3) is 0.360. The number of nitrogens with zero attached hydrogens (tertiary/aromatic N) is 7.